The molecule has 0 aliphatic heterocycles. The molecule has 1 N–H and O–H groups in total. The lowest BCUT2D eigenvalue weighted by Gasteiger charge is -2.42. The van der Waals surface area contributed by atoms with Crippen LogP contribution >= 0.6 is 0 Å². The molecule has 1 aromatic carbocycles. The molecule has 0 saturated heterocycles. The number of hydrogen-bond donors (Lipinski definition) is 1. The summed E-state index contributed by atoms with van der Waals surface area (Å²) in [6.07, 6.45) is 2.95. The number of carbonyl (C=O) groups excluding carboxylic acids is 1. The number of hydrogen-bond acceptors (Lipinski definition) is 2. The fourth-order valence-electron chi connectivity index (χ4n) is 2.77. The van der Waals surface area contributed by atoms with Gasteiger partial charge >= 0.3 is 0 Å². The van der Waals surface area contributed by atoms with Gasteiger partial charge in [-0.15, -0.1) is 0 Å². The summed E-state index contributed by atoms with van der Waals surface area (Å²) < 4.78 is 13.6. The van der Waals surface area contributed by atoms with Crippen molar-refractivity contribution < 1.29 is 9.18 Å². The van der Waals surface area contributed by atoms with Crippen LogP contribution in [0.1, 0.15) is 24.8 Å². The summed E-state index contributed by atoms with van der Waals surface area (Å²) in [4.78, 5) is 14.2. The van der Waals surface area contributed by atoms with Crippen molar-refractivity contribution in [2.75, 3.05) is 20.6 Å². The molecule has 3 nitrogen and oxygen atoms in total. The van der Waals surface area contributed by atoms with Gasteiger partial charge in [-0.1, -0.05) is 24.6 Å². The second-order valence-electron chi connectivity index (χ2n) is 5.42. The van der Waals surface area contributed by atoms with Crippen molar-refractivity contribution >= 4 is 5.91 Å². The number of nitrogens with one attached hydrogen (secondary N) is 1. The highest BCUT2D eigenvalue weighted by Gasteiger charge is 2.44. The van der Waals surface area contributed by atoms with Gasteiger partial charge in [-0.3, -0.25) is 4.79 Å². The maximum atomic E-state index is 13.6. The summed E-state index contributed by atoms with van der Waals surface area (Å²) in [7, 11) is 3.62. The molecular formula is C15H21FN2O. The van der Waals surface area contributed by atoms with Crippen LogP contribution in [0.5, 0.6) is 0 Å². The van der Waals surface area contributed by atoms with E-state index in [1.807, 2.05) is 7.05 Å². The van der Waals surface area contributed by atoms with Crippen molar-refractivity contribution in [1.82, 2.24) is 10.2 Å². The molecule has 0 radical (unpaired) electrons. The second-order valence-corrected chi connectivity index (χ2v) is 5.42. The summed E-state index contributed by atoms with van der Waals surface area (Å²) in [5, 5.41) is 3.10. The van der Waals surface area contributed by atoms with Gasteiger partial charge in [0.15, 0.2) is 0 Å². The second kappa shape index (κ2) is 5.70. The smallest absolute Gasteiger partial charge is 0.230 e. The predicted octanol–water partition coefficient (Wildman–Crippen LogP) is 2.17. The van der Waals surface area contributed by atoms with Gasteiger partial charge in [-0.05, 0) is 26.0 Å². The molecule has 0 unspecified atom stereocenters. The zero-order valence-electron chi connectivity index (χ0n) is 11.6. The molecule has 0 atom stereocenters. The molecule has 1 aromatic rings. The summed E-state index contributed by atoms with van der Waals surface area (Å²) in [5.41, 5.74) is 0.298. The lowest BCUT2D eigenvalue weighted by atomic mass is 9.67. The first-order chi connectivity index (χ1) is 9.09. The highest BCUT2D eigenvalue weighted by molar-refractivity contribution is 5.83. The minimum Gasteiger partial charge on any atom is -0.341 e. The number of amides is 1. The van der Waals surface area contributed by atoms with E-state index >= 15 is 0 Å². The molecule has 1 aliphatic carbocycles. The van der Waals surface area contributed by atoms with Crippen molar-refractivity contribution in [3.8, 4) is 0 Å². The molecule has 1 fully saturated rings. The van der Waals surface area contributed by atoms with Crippen LogP contribution in [0.25, 0.3) is 0 Å². The summed E-state index contributed by atoms with van der Waals surface area (Å²) in [6.45, 7) is 1.03. The van der Waals surface area contributed by atoms with Gasteiger partial charge in [0.05, 0.1) is 5.41 Å². The molecule has 0 heterocycles. The van der Waals surface area contributed by atoms with E-state index in [0.717, 1.165) is 19.3 Å². The third-order valence-corrected chi connectivity index (χ3v) is 3.99. The van der Waals surface area contributed by atoms with Crippen molar-refractivity contribution in [2.24, 2.45) is 5.41 Å². The van der Waals surface area contributed by atoms with E-state index in [2.05, 4.69) is 5.32 Å². The molecule has 0 bridgehead atoms. The van der Waals surface area contributed by atoms with E-state index in [1.165, 1.54) is 6.07 Å². The monoisotopic (exact) mass is 264 g/mol. The van der Waals surface area contributed by atoms with Gasteiger partial charge in [0.2, 0.25) is 5.91 Å². The van der Waals surface area contributed by atoms with Crippen LogP contribution < -0.4 is 5.32 Å². The van der Waals surface area contributed by atoms with Crippen LogP contribution in [0.2, 0.25) is 0 Å². The maximum Gasteiger partial charge on any atom is 0.230 e. The van der Waals surface area contributed by atoms with E-state index in [0.29, 0.717) is 18.7 Å². The molecule has 19 heavy (non-hydrogen) atoms. The van der Waals surface area contributed by atoms with Gasteiger partial charge in [-0.2, -0.15) is 0 Å². The average Bonchev–Trinajstić information content (AvgIpc) is 2.35. The van der Waals surface area contributed by atoms with Gasteiger partial charge < -0.3 is 10.2 Å². The Morgan fingerprint density at radius 2 is 2.11 bits per heavy atom. The SMILES string of the molecule is CNCC1(C(=O)N(C)Cc2ccccc2F)CCC1. The Balaban J connectivity index is 2.05. The van der Waals surface area contributed by atoms with Crippen LogP contribution in [0.4, 0.5) is 4.39 Å². The molecule has 1 saturated carbocycles. The number of halogens is 1. The van der Waals surface area contributed by atoms with Crippen LogP contribution in [-0.2, 0) is 11.3 Å². The topological polar surface area (TPSA) is 32.3 Å². The van der Waals surface area contributed by atoms with Crippen LogP contribution in [-0.4, -0.2) is 31.4 Å². The predicted molar refractivity (Wildman–Crippen MR) is 73.1 cm³/mol. The fourth-order valence-corrected chi connectivity index (χ4v) is 2.77. The Bertz CT molecular complexity index is 457. The minimum atomic E-state index is -0.269. The normalized spacial score (nSPS) is 16.8. The Labute approximate surface area is 113 Å². The highest BCUT2D eigenvalue weighted by atomic mass is 19.1. The Kier molecular flexibility index (Phi) is 4.20. The molecule has 2 rings (SSSR count). The van der Waals surface area contributed by atoms with Crippen molar-refractivity contribution in [1.29, 1.82) is 0 Å². The van der Waals surface area contributed by atoms with Crippen molar-refractivity contribution in [2.45, 2.75) is 25.8 Å². The molecule has 104 valence electrons. The first-order valence-electron chi connectivity index (χ1n) is 6.73. The Hall–Kier alpha value is -1.42. The lowest BCUT2D eigenvalue weighted by molar-refractivity contribution is -0.146. The van der Waals surface area contributed by atoms with Gasteiger partial charge in [0.1, 0.15) is 5.82 Å². The van der Waals surface area contributed by atoms with Crippen LogP contribution in [0.3, 0.4) is 0 Å². The zero-order chi connectivity index (χ0) is 13.9. The minimum absolute atomic E-state index is 0.122. The van der Waals surface area contributed by atoms with Crippen molar-refractivity contribution in [3.63, 3.8) is 0 Å². The van der Waals surface area contributed by atoms with E-state index in [1.54, 1.807) is 30.1 Å². The number of nitrogens with zero attached hydrogens (tertiary/aromatic N) is 1. The maximum absolute atomic E-state index is 13.6. The molecule has 4 heteroatoms. The summed E-state index contributed by atoms with van der Waals surface area (Å²) in [6, 6.07) is 6.61. The van der Waals surface area contributed by atoms with E-state index in [9.17, 15) is 9.18 Å². The molecule has 1 amide bonds. The molecule has 0 spiro atoms. The fraction of sp³-hybridized carbons (Fsp3) is 0.533. The summed E-state index contributed by atoms with van der Waals surface area (Å²) in [5.74, 6) is -0.130. The summed E-state index contributed by atoms with van der Waals surface area (Å²) >= 11 is 0. The first-order valence-corrected chi connectivity index (χ1v) is 6.73. The molecular weight excluding hydrogens is 243 g/mol. The zero-order valence-corrected chi connectivity index (χ0v) is 11.6. The Morgan fingerprint density at radius 3 is 2.63 bits per heavy atom. The third kappa shape index (κ3) is 2.78. The lowest BCUT2D eigenvalue weighted by Crippen LogP contribution is -2.51. The standard InChI is InChI=1S/C15H21FN2O/c1-17-11-15(8-5-9-15)14(19)18(2)10-12-6-3-4-7-13(12)16/h3-4,6-7,17H,5,8-11H2,1-2H3. The van der Waals surface area contributed by atoms with E-state index < -0.39 is 0 Å². The molecule has 0 aromatic heterocycles. The largest absolute Gasteiger partial charge is 0.341 e. The average molecular weight is 264 g/mol. The van der Waals surface area contributed by atoms with E-state index in [-0.39, 0.29) is 17.1 Å². The van der Waals surface area contributed by atoms with Gasteiger partial charge in [0.25, 0.3) is 0 Å². The third-order valence-electron chi connectivity index (χ3n) is 3.99. The quantitative estimate of drug-likeness (QED) is 0.884. The van der Waals surface area contributed by atoms with Gasteiger partial charge in [-0.25, -0.2) is 4.39 Å². The van der Waals surface area contributed by atoms with Gasteiger partial charge in [0, 0.05) is 25.7 Å². The number of rotatable bonds is 5. The number of carbonyl (C=O) groups is 1. The highest BCUT2D eigenvalue weighted by Crippen LogP contribution is 2.42. The van der Waals surface area contributed by atoms with Crippen LogP contribution in [0.15, 0.2) is 24.3 Å². The van der Waals surface area contributed by atoms with Crippen molar-refractivity contribution in [3.05, 3.63) is 35.6 Å². The Morgan fingerprint density at radius 1 is 1.42 bits per heavy atom. The van der Waals surface area contributed by atoms with Crippen LogP contribution in [0, 0.1) is 11.2 Å². The first kappa shape index (κ1) is 14.0. The molecule has 1 aliphatic rings. The van der Waals surface area contributed by atoms with E-state index in [4.69, 9.17) is 0 Å². The number of benzene rings is 1.